The third-order valence-electron chi connectivity index (χ3n) is 2.84. The predicted octanol–water partition coefficient (Wildman–Crippen LogP) is 3.88. The summed E-state index contributed by atoms with van der Waals surface area (Å²) in [5.74, 6) is -0.247. The highest BCUT2D eigenvalue weighted by atomic mass is 35.5. The lowest BCUT2D eigenvalue weighted by Crippen LogP contribution is -2.19. The molecule has 20 heavy (non-hydrogen) atoms. The van der Waals surface area contributed by atoms with Crippen molar-refractivity contribution in [2.24, 2.45) is 5.10 Å². The highest BCUT2D eigenvalue weighted by Crippen LogP contribution is 2.09. The van der Waals surface area contributed by atoms with Crippen molar-refractivity contribution in [1.82, 2.24) is 5.43 Å². The van der Waals surface area contributed by atoms with Gasteiger partial charge in [-0.15, -0.1) is 0 Å². The Balaban J connectivity index is 2.11. The van der Waals surface area contributed by atoms with Gasteiger partial charge >= 0.3 is 0 Å². The monoisotopic (exact) mass is 286 g/mol. The number of rotatable bonds is 4. The fourth-order valence-electron chi connectivity index (χ4n) is 1.76. The molecule has 1 amide bonds. The van der Waals surface area contributed by atoms with E-state index in [4.69, 9.17) is 11.6 Å². The fraction of sp³-hybridized carbons (Fsp3) is 0.125. The first kappa shape index (κ1) is 14.3. The lowest BCUT2D eigenvalue weighted by Gasteiger charge is -2.05. The van der Waals surface area contributed by atoms with Crippen LogP contribution >= 0.6 is 11.6 Å². The van der Waals surface area contributed by atoms with Gasteiger partial charge in [0.15, 0.2) is 0 Å². The minimum atomic E-state index is -0.247. The molecule has 0 unspecified atom stereocenters. The third-order valence-corrected chi connectivity index (χ3v) is 3.09. The van der Waals surface area contributed by atoms with Crippen LogP contribution in [-0.2, 0) is 0 Å². The van der Waals surface area contributed by atoms with E-state index in [1.807, 2.05) is 37.3 Å². The molecular weight excluding hydrogens is 272 g/mol. The summed E-state index contributed by atoms with van der Waals surface area (Å²) in [6, 6.07) is 16.5. The lowest BCUT2D eigenvalue weighted by molar-refractivity contribution is 0.0955. The molecule has 0 radical (unpaired) electrons. The van der Waals surface area contributed by atoms with Crippen molar-refractivity contribution in [3.8, 4) is 0 Å². The van der Waals surface area contributed by atoms with Crippen LogP contribution in [0.4, 0.5) is 0 Å². The van der Waals surface area contributed by atoms with E-state index in [1.165, 1.54) is 0 Å². The average molecular weight is 287 g/mol. The maximum Gasteiger partial charge on any atom is 0.271 e. The molecule has 0 saturated heterocycles. The number of nitrogens with zero attached hydrogens (tertiary/aromatic N) is 1. The van der Waals surface area contributed by atoms with Gasteiger partial charge in [0.05, 0.1) is 5.71 Å². The fourth-order valence-corrected chi connectivity index (χ4v) is 1.89. The average Bonchev–Trinajstić information content (AvgIpc) is 2.49. The number of hydrazone groups is 1. The van der Waals surface area contributed by atoms with Crippen LogP contribution < -0.4 is 5.43 Å². The molecule has 0 atom stereocenters. The summed E-state index contributed by atoms with van der Waals surface area (Å²) in [4.78, 5) is 11.9. The number of nitrogens with one attached hydrogen (secondary N) is 1. The van der Waals surface area contributed by atoms with Gasteiger partial charge in [-0.2, -0.15) is 5.10 Å². The van der Waals surface area contributed by atoms with E-state index in [0.29, 0.717) is 10.6 Å². The minimum absolute atomic E-state index is 0.247. The van der Waals surface area contributed by atoms with Crippen molar-refractivity contribution in [3.05, 3.63) is 70.7 Å². The number of hydrogen-bond donors (Lipinski definition) is 1. The van der Waals surface area contributed by atoms with Crippen LogP contribution in [-0.4, -0.2) is 11.6 Å². The minimum Gasteiger partial charge on any atom is -0.267 e. The molecule has 3 nitrogen and oxygen atoms in total. The second kappa shape index (κ2) is 6.87. The van der Waals surface area contributed by atoms with Gasteiger partial charge in [0.1, 0.15) is 0 Å². The van der Waals surface area contributed by atoms with E-state index in [9.17, 15) is 4.79 Å². The molecule has 0 aliphatic heterocycles. The molecule has 0 bridgehead atoms. The molecule has 102 valence electrons. The first-order chi connectivity index (χ1) is 9.70. The van der Waals surface area contributed by atoms with E-state index in [2.05, 4.69) is 10.5 Å². The highest BCUT2D eigenvalue weighted by molar-refractivity contribution is 6.30. The first-order valence-corrected chi connectivity index (χ1v) is 6.76. The van der Waals surface area contributed by atoms with Crippen LogP contribution in [0.5, 0.6) is 0 Å². The molecule has 0 heterocycles. The van der Waals surface area contributed by atoms with Gasteiger partial charge < -0.3 is 0 Å². The van der Waals surface area contributed by atoms with Crippen molar-refractivity contribution in [3.63, 3.8) is 0 Å². The molecule has 0 spiro atoms. The summed E-state index contributed by atoms with van der Waals surface area (Å²) >= 11 is 5.79. The van der Waals surface area contributed by atoms with Gasteiger partial charge in [-0.3, -0.25) is 4.79 Å². The molecule has 2 rings (SSSR count). The van der Waals surface area contributed by atoms with Crippen molar-refractivity contribution in [2.45, 2.75) is 13.3 Å². The van der Waals surface area contributed by atoms with Crippen LogP contribution in [0.2, 0.25) is 5.02 Å². The van der Waals surface area contributed by atoms with Crippen molar-refractivity contribution in [2.75, 3.05) is 0 Å². The van der Waals surface area contributed by atoms with Gasteiger partial charge in [-0.25, -0.2) is 5.43 Å². The van der Waals surface area contributed by atoms with Gasteiger partial charge in [-0.1, -0.05) is 48.9 Å². The number of halogens is 1. The maximum atomic E-state index is 11.9. The van der Waals surface area contributed by atoms with Crippen LogP contribution in [0.3, 0.4) is 0 Å². The van der Waals surface area contributed by atoms with Crippen molar-refractivity contribution >= 4 is 23.2 Å². The van der Waals surface area contributed by atoms with Crippen molar-refractivity contribution < 1.29 is 4.79 Å². The molecule has 0 fully saturated rings. The second-order valence-corrected chi connectivity index (χ2v) is 4.66. The van der Waals surface area contributed by atoms with E-state index in [0.717, 1.165) is 17.7 Å². The van der Waals surface area contributed by atoms with Crippen LogP contribution in [0.15, 0.2) is 59.7 Å². The summed E-state index contributed by atoms with van der Waals surface area (Å²) < 4.78 is 0. The number of amides is 1. The summed E-state index contributed by atoms with van der Waals surface area (Å²) in [5.41, 5.74) is 4.95. The SMILES string of the molecule is CC/C(=N/NC(=O)c1ccc(Cl)cc1)c1ccccc1. The van der Waals surface area contributed by atoms with E-state index < -0.39 is 0 Å². The second-order valence-electron chi connectivity index (χ2n) is 4.23. The molecule has 0 aliphatic carbocycles. The van der Waals surface area contributed by atoms with Crippen LogP contribution in [0.25, 0.3) is 0 Å². The zero-order valence-corrected chi connectivity index (χ0v) is 11.9. The maximum absolute atomic E-state index is 11.9. The molecular formula is C16H15ClN2O. The number of carbonyl (C=O) groups is 1. The standard InChI is InChI=1S/C16H15ClN2O/c1-2-15(12-6-4-3-5-7-12)18-19-16(20)13-8-10-14(17)11-9-13/h3-11H,2H2,1H3,(H,19,20)/b18-15-. The van der Waals surface area contributed by atoms with Crippen LogP contribution in [0, 0.1) is 0 Å². The van der Waals surface area contributed by atoms with Gasteiger partial charge in [0.2, 0.25) is 0 Å². The van der Waals surface area contributed by atoms with E-state index in [1.54, 1.807) is 24.3 Å². The summed E-state index contributed by atoms with van der Waals surface area (Å²) in [6.45, 7) is 2.00. The molecule has 0 aromatic heterocycles. The molecule has 0 aliphatic rings. The van der Waals surface area contributed by atoms with Crippen molar-refractivity contribution in [1.29, 1.82) is 0 Å². The van der Waals surface area contributed by atoms with Crippen LogP contribution in [0.1, 0.15) is 29.3 Å². The predicted molar refractivity (Wildman–Crippen MR) is 82.2 cm³/mol. The zero-order chi connectivity index (χ0) is 14.4. The molecule has 2 aromatic rings. The summed E-state index contributed by atoms with van der Waals surface area (Å²) in [6.07, 6.45) is 0.741. The normalized spacial score (nSPS) is 11.2. The Morgan fingerprint density at radius 2 is 1.70 bits per heavy atom. The van der Waals surface area contributed by atoms with Gasteiger partial charge in [0.25, 0.3) is 5.91 Å². The Morgan fingerprint density at radius 3 is 2.30 bits per heavy atom. The van der Waals surface area contributed by atoms with E-state index >= 15 is 0 Å². The Labute approximate surface area is 123 Å². The van der Waals surface area contributed by atoms with E-state index in [-0.39, 0.29) is 5.91 Å². The Bertz CT molecular complexity index is 606. The van der Waals surface area contributed by atoms with Gasteiger partial charge in [-0.05, 0) is 36.2 Å². The Morgan fingerprint density at radius 1 is 1.05 bits per heavy atom. The smallest absolute Gasteiger partial charge is 0.267 e. The molecule has 0 saturated carbocycles. The van der Waals surface area contributed by atoms with Gasteiger partial charge in [0, 0.05) is 10.6 Å². The lowest BCUT2D eigenvalue weighted by atomic mass is 10.1. The first-order valence-electron chi connectivity index (χ1n) is 6.38. The quantitative estimate of drug-likeness (QED) is 0.672. The summed E-state index contributed by atoms with van der Waals surface area (Å²) in [5, 5.41) is 4.80. The number of carbonyl (C=O) groups excluding carboxylic acids is 1. The topological polar surface area (TPSA) is 41.5 Å². The Hall–Kier alpha value is -2.13. The summed E-state index contributed by atoms with van der Waals surface area (Å²) in [7, 11) is 0. The zero-order valence-electron chi connectivity index (χ0n) is 11.1. The number of benzene rings is 2. The molecule has 2 aromatic carbocycles. The largest absolute Gasteiger partial charge is 0.271 e. The highest BCUT2D eigenvalue weighted by Gasteiger charge is 2.05. The number of hydrogen-bond acceptors (Lipinski definition) is 2. The molecule has 4 heteroatoms. The third kappa shape index (κ3) is 3.68. The Kier molecular flexibility index (Phi) is 4.91. The molecule has 1 N–H and O–H groups in total.